The van der Waals surface area contributed by atoms with E-state index in [2.05, 4.69) is 0 Å². The number of ether oxygens (including phenoxy) is 2. The van der Waals surface area contributed by atoms with Gasteiger partial charge in [-0.2, -0.15) is 0 Å². The summed E-state index contributed by atoms with van der Waals surface area (Å²) in [6, 6.07) is 13.0. The number of hydrogen-bond donors (Lipinski definition) is 3. The Bertz CT molecular complexity index is 937. The average molecular weight is 478 g/mol. The van der Waals surface area contributed by atoms with Crippen LogP contribution in [-0.4, -0.2) is 63.8 Å². The molecule has 1 fully saturated rings. The molecule has 0 spiro atoms. The number of carbonyl (C=O) groups is 1. The molecule has 1 amide bonds. The number of halogens is 1. The van der Waals surface area contributed by atoms with Gasteiger partial charge in [-0.05, 0) is 54.7 Å². The van der Waals surface area contributed by atoms with E-state index in [1.165, 1.54) is 11.8 Å². The van der Waals surface area contributed by atoms with Crippen molar-refractivity contribution in [3.8, 4) is 5.75 Å². The quantitative estimate of drug-likeness (QED) is 0.540. The highest BCUT2D eigenvalue weighted by Crippen LogP contribution is 2.35. The number of rotatable bonds is 8. The molecule has 3 rings (SSSR count). The molecule has 33 heavy (non-hydrogen) atoms. The molecule has 1 aliphatic rings. The second-order valence-corrected chi connectivity index (χ2v) is 8.64. The molecule has 0 aromatic heterocycles. The fraction of sp³-hybridized carbons (Fsp3) is 0.480. The summed E-state index contributed by atoms with van der Waals surface area (Å²) in [5.41, 5.74) is 2.45. The molecule has 0 bridgehead atoms. The standard InChI is InChI=1S/C25H32ClNO6/c1-4-12-27(15(3)28)25-23(31)21(29)22(30)24(33-25)17-8-11-20(26)18(14-17)13-16-6-9-19(10-7-16)32-5-2/h6-11,14,21-25,29-31H,4-5,12-13H2,1-3H3/t21-,22+,23+,24+,25+/m1/s1. The first-order chi connectivity index (χ1) is 15.8. The zero-order valence-electron chi connectivity index (χ0n) is 19.1. The summed E-state index contributed by atoms with van der Waals surface area (Å²) in [5.74, 6) is 0.510. The summed E-state index contributed by atoms with van der Waals surface area (Å²) in [6.45, 7) is 6.17. The third kappa shape index (κ3) is 5.86. The van der Waals surface area contributed by atoms with Crippen molar-refractivity contribution in [1.29, 1.82) is 0 Å². The molecule has 7 nitrogen and oxygen atoms in total. The van der Waals surface area contributed by atoms with Gasteiger partial charge < -0.3 is 29.7 Å². The van der Waals surface area contributed by atoms with Crippen molar-refractivity contribution in [1.82, 2.24) is 4.90 Å². The van der Waals surface area contributed by atoms with Crippen LogP contribution >= 0.6 is 11.6 Å². The van der Waals surface area contributed by atoms with E-state index in [1.54, 1.807) is 12.1 Å². The highest BCUT2D eigenvalue weighted by Gasteiger charge is 2.47. The molecule has 5 atom stereocenters. The van der Waals surface area contributed by atoms with Crippen molar-refractivity contribution >= 4 is 17.5 Å². The van der Waals surface area contributed by atoms with Crippen LogP contribution in [0.1, 0.15) is 50.0 Å². The van der Waals surface area contributed by atoms with Crippen LogP contribution in [0.15, 0.2) is 42.5 Å². The van der Waals surface area contributed by atoms with E-state index in [0.717, 1.165) is 16.9 Å². The average Bonchev–Trinajstić information content (AvgIpc) is 2.79. The van der Waals surface area contributed by atoms with Crippen LogP contribution in [0.5, 0.6) is 5.75 Å². The van der Waals surface area contributed by atoms with Gasteiger partial charge in [0.15, 0.2) is 6.23 Å². The number of benzene rings is 2. The first-order valence-corrected chi connectivity index (χ1v) is 11.6. The minimum Gasteiger partial charge on any atom is -0.494 e. The van der Waals surface area contributed by atoms with Crippen LogP contribution in [0.2, 0.25) is 5.02 Å². The molecule has 180 valence electrons. The van der Waals surface area contributed by atoms with Crippen LogP contribution in [0.3, 0.4) is 0 Å². The van der Waals surface area contributed by atoms with Crippen molar-refractivity contribution in [2.45, 2.75) is 64.3 Å². The lowest BCUT2D eigenvalue weighted by molar-refractivity contribution is -0.259. The molecule has 0 radical (unpaired) electrons. The van der Waals surface area contributed by atoms with Gasteiger partial charge in [0, 0.05) is 18.5 Å². The van der Waals surface area contributed by atoms with Crippen molar-refractivity contribution < 1.29 is 29.6 Å². The lowest BCUT2D eigenvalue weighted by Crippen LogP contribution is -2.60. The van der Waals surface area contributed by atoms with Crippen molar-refractivity contribution in [2.24, 2.45) is 0 Å². The first-order valence-electron chi connectivity index (χ1n) is 11.2. The van der Waals surface area contributed by atoms with Crippen molar-refractivity contribution in [2.75, 3.05) is 13.2 Å². The Kier molecular flexibility index (Phi) is 8.73. The van der Waals surface area contributed by atoms with Crippen LogP contribution in [0, 0.1) is 0 Å². The first kappa shape index (κ1) is 25.5. The number of aliphatic hydroxyl groups excluding tert-OH is 3. The highest BCUT2D eigenvalue weighted by molar-refractivity contribution is 6.31. The highest BCUT2D eigenvalue weighted by atomic mass is 35.5. The van der Waals surface area contributed by atoms with E-state index < -0.39 is 30.6 Å². The smallest absolute Gasteiger partial charge is 0.221 e. The second kappa shape index (κ2) is 11.3. The predicted molar refractivity (Wildman–Crippen MR) is 125 cm³/mol. The Balaban J connectivity index is 1.87. The van der Waals surface area contributed by atoms with Gasteiger partial charge >= 0.3 is 0 Å². The van der Waals surface area contributed by atoms with E-state index in [0.29, 0.717) is 36.6 Å². The molecule has 2 aromatic rings. The van der Waals surface area contributed by atoms with Crippen LogP contribution in [0.25, 0.3) is 0 Å². The number of hydrogen-bond acceptors (Lipinski definition) is 6. The van der Waals surface area contributed by atoms with Gasteiger partial charge in [0.1, 0.15) is 30.2 Å². The summed E-state index contributed by atoms with van der Waals surface area (Å²) < 4.78 is 11.5. The van der Waals surface area contributed by atoms with E-state index in [9.17, 15) is 20.1 Å². The number of carbonyl (C=O) groups excluding carboxylic acids is 1. The van der Waals surface area contributed by atoms with Gasteiger partial charge in [-0.1, -0.05) is 42.8 Å². The van der Waals surface area contributed by atoms with Crippen LogP contribution < -0.4 is 4.74 Å². The Labute approximate surface area is 199 Å². The predicted octanol–water partition coefficient (Wildman–Crippen LogP) is 3.07. The normalized spacial score (nSPS) is 25.0. The van der Waals surface area contributed by atoms with E-state index in [1.807, 2.05) is 44.2 Å². The van der Waals surface area contributed by atoms with Gasteiger partial charge in [-0.15, -0.1) is 0 Å². The minimum absolute atomic E-state index is 0.282. The zero-order chi connectivity index (χ0) is 24.1. The summed E-state index contributed by atoms with van der Waals surface area (Å²) >= 11 is 6.45. The van der Waals surface area contributed by atoms with Gasteiger partial charge in [0.25, 0.3) is 0 Å². The molecule has 1 aliphatic heterocycles. The van der Waals surface area contributed by atoms with Gasteiger partial charge in [-0.25, -0.2) is 0 Å². The second-order valence-electron chi connectivity index (χ2n) is 8.24. The van der Waals surface area contributed by atoms with Gasteiger partial charge in [-0.3, -0.25) is 4.79 Å². The fourth-order valence-corrected chi connectivity index (χ4v) is 4.28. The Morgan fingerprint density at radius 2 is 1.76 bits per heavy atom. The minimum atomic E-state index is -1.47. The molecule has 8 heteroatoms. The van der Waals surface area contributed by atoms with E-state index in [-0.39, 0.29) is 5.91 Å². The maximum absolute atomic E-state index is 12.1. The molecule has 1 saturated heterocycles. The molecule has 0 aliphatic carbocycles. The summed E-state index contributed by atoms with van der Waals surface area (Å²) in [5, 5.41) is 32.3. The van der Waals surface area contributed by atoms with E-state index >= 15 is 0 Å². The fourth-order valence-electron chi connectivity index (χ4n) is 4.10. The Morgan fingerprint density at radius 3 is 2.36 bits per heavy atom. The van der Waals surface area contributed by atoms with Crippen molar-refractivity contribution in [3.05, 3.63) is 64.2 Å². The molecular formula is C25H32ClNO6. The molecule has 2 aromatic carbocycles. The van der Waals surface area contributed by atoms with Gasteiger partial charge in [0.05, 0.1) is 6.61 Å². The largest absolute Gasteiger partial charge is 0.494 e. The maximum atomic E-state index is 12.1. The number of nitrogens with zero attached hydrogens (tertiary/aromatic N) is 1. The third-order valence-corrected chi connectivity index (χ3v) is 6.16. The lowest BCUT2D eigenvalue weighted by Gasteiger charge is -2.45. The molecule has 3 N–H and O–H groups in total. The topological polar surface area (TPSA) is 99.5 Å². The monoisotopic (exact) mass is 477 g/mol. The van der Waals surface area contributed by atoms with Crippen molar-refractivity contribution in [3.63, 3.8) is 0 Å². The summed E-state index contributed by atoms with van der Waals surface area (Å²) in [4.78, 5) is 13.5. The van der Waals surface area contributed by atoms with Crippen LogP contribution in [0.4, 0.5) is 0 Å². The Hall–Kier alpha value is -2.16. The SMILES string of the molecule is CCCN(C(C)=O)[C@H]1O[C@@H](c2ccc(Cl)c(Cc3ccc(OCC)cc3)c2)[C@@H](O)[C@@H](O)[C@@H]1O. The molecule has 1 heterocycles. The summed E-state index contributed by atoms with van der Waals surface area (Å²) in [6.07, 6.45) is -5.08. The number of amides is 1. The lowest BCUT2D eigenvalue weighted by atomic mass is 9.91. The molecule has 0 saturated carbocycles. The van der Waals surface area contributed by atoms with Crippen LogP contribution in [-0.2, 0) is 16.0 Å². The zero-order valence-corrected chi connectivity index (χ0v) is 19.9. The number of aliphatic hydroxyl groups is 3. The van der Waals surface area contributed by atoms with E-state index in [4.69, 9.17) is 21.1 Å². The van der Waals surface area contributed by atoms with Gasteiger partial charge in [0.2, 0.25) is 5.91 Å². The summed E-state index contributed by atoms with van der Waals surface area (Å²) in [7, 11) is 0. The molecular weight excluding hydrogens is 446 g/mol. The Morgan fingerprint density at radius 1 is 1.06 bits per heavy atom. The maximum Gasteiger partial charge on any atom is 0.221 e. The molecule has 0 unspecified atom stereocenters. The third-order valence-electron chi connectivity index (χ3n) is 5.79.